The van der Waals surface area contributed by atoms with Gasteiger partial charge in [0.1, 0.15) is 0 Å². The van der Waals surface area contributed by atoms with Crippen molar-refractivity contribution in [1.82, 2.24) is 4.98 Å². The van der Waals surface area contributed by atoms with Gasteiger partial charge in [-0.3, -0.25) is 0 Å². The minimum Gasteiger partial charge on any atom is -0.354 e. The number of rotatable bonds is 7. The Balaban J connectivity index is 1.23. The zero-order chi connectivity index (χ0) is 32.3. The SMILES string of the molecule is C/C(=C1/N=C(c2ccc(-c3ccccc3)cc2)C=C1c1ccccc1)c1[nH]c(-c2ccc(-c3ccccc3)cc2)cc1-c1ccccc1. The molecule has 2 heteroatoms. The van der Waals surface area contributed by atoms with E-state index < -0.39 is 0 Å². The second-order valence-corrected chi connectivity index (χ2v) is 12.1. The zero-order valence-corrected chi connectivity index (χ0v) is 26.8. The highest BCUT2D eigenvalue weighted by Gasteiger charge is 2.23. The van der Waals surface area contributed by atoms with Crippen molar-refractivity contribution < 1.29 is 0 Å². The second kappa shape index (κ2) is 12.9. The Morgan fingerprint density at radius 1 is 0.438 bits per heavy atom. The number of nitrogens with one attached hydrogen (secondary N) is 1. The highest BCUT2D eigenvalue weighted by Crippen LogP contribution is 2.40. The molecule has 8 rings (SSSR count). The Kier molecular flexibility index (Phi) is 7.82. The first kappa shape index (κ1) is 29.2. The normalized spacial score (nSPS) is 13.6. The Morgan fingerprint density at radius 2 is 0.854 bits per heavy atom. The van der Waals surface area contributed by atoms with Crippen molar-refractivity contribution in [2.24, 2.45) is 4.99 Å². The van der Waals surface area contributed by atoms with E-state index in [9.17, 15) is 0 Å². The molecule has 0 bridgehead atoms. The van der Waals surface area contributed by atoms with Crippen LogP contribution in [0.4, 0.5) is 0 Å². The summed E-state index contributed by atoms with van der Waals surface area (Å²) in [5, 5.41) is 0. The number of hydrogen-bond donors (Lipinski definition) is 1. The molecule has 228 valence electrons. The van der Waals surface area contributed by atoms with Gasteiger partial charge in [0.2, 0.25) is 0 Å². The van der Waals surface area contributed by atoms with Crippen LogP contribution in [0, 0.1) is 0 Å². The number of hydrogen-bond acceptors (Lipinski definition) is 1. The van der Waals surface area contributed by atoms with Crippen LogP contribution in [0.1, 0.15) is 23.7 Å². The number of aromatic nitrogens is 1. The monoisotopic (exact) mass is 614 g/mol. The molecule has 1 aliphatic rings. The van der Waals surface area contributed by atoms with Crippen LogP contribution in [0.3, 0.4) is 0 Å². The lowest BCUT2D eigenvalue weighted by Crippen LogP contribution is -1.94. The van der Waals surface area contributed by atoms with Gasteiger partial charge in [0.25, 0.3) is 0 Å². The maximum Gasteiger partial charge on any atom is 0.0766 e. The van der Waals surface area contributed by atoms with Crippen molar-refractivity contribution in [3.63, 3.8) is 0 Å². The van der Waals surface area contributed by atoms with Crippen LogP contribution in [0.15, 0.2) is 193 Å². The lowest BCUT2D eigenvalue weighted by atomic mass is 9.96. The molecule has 1 aromatic heterocycles. The third-order valence-electron chi connectivity index (χ3n) is 9.08. The summed E-state index contributed by atoms with van der Waals surface area (Å²) in [4.78, 5) is 9.17. The summed E-state index contributed by atoms with van der Waals surface area (Å²) in [6.07, 6.45) is 2.24. The first-order valence-corrected chi connectivity index (χ1v) is 16.4. The number of aliphatic imine (C=N–C) groups is 1. The molecule has 0 unspecified atom stereocenters. The average Bonchev–Trinajstić information content (AvgIpc) is 3.83. The number of nitrogens with zero attached hydrogens (tertiary/aromatic N) is 1. The minimum absolute atomic E-state index is 0.965. The van der Waals surface area contributed by atoms with E-state index in [-0.39, 0.29) is 0 Å². The van der Waals surface area contributed by atoms with Gasteiger partial charge < -0.3 is 4.98 Å². The van der Waals surface area contributed by atoms with E-state index in [0.29, 0.717) is 0 Å². The van der Waals surface area contributed by atoms with Crippen LogP contribution in [-0.2, 0) is 0 Å². The lowest BCUT2D eigenvalue weighted by molar-refractivity contribution is 1.31. The first-order valence-electron chi connectivity index (χ1n) is 16.4. The quantitative estimate of drug-likeness (QED) is 0.185. The van der Waals surface area contributed by atoms with Crippen LogP contribution < -0.4 is 0 Å². The molecule has 0 fully saturated rings. The highest BCUT2D eigenvalue weighted by molar-refractivity contribution is 6.19. The molecule has 0 saturated carbocycles. The topological polar surface area (TPSA) is 28.1 Å². The van der Waals surface area contributed by atoms with E-state index in [0.717, 1.165) is 56.2 Å². The molecular weight excluding hydrogens is 581 g/mol. The molecule has 48 heavy (non-hydrogen) atoms. The molecular formula is C46H34N2. The zero-order valence-electron chi connectivity index (χ0n) is 26.8. The number of benzene rings is 6. The van der Waals surface area contributed by atoms with Crippen LogP contribution >= 0.6 is 0 Å². The van der Waals surface area contributed by atoms with Gasteiger partial charge in [-0.25, -0.2) is 4.99 Å². The molecule has 2 heterocycles. The van der Waals surface area contributed by atoms with E-state index in [4.69, 9.17) is 4.99 Å². The third kappa shape index (κ3) is 5.77. The summed E-state index contributed by atoms with van der Waals surface area (Å²) in [7, 11) is 0. The van der Waals surface area contributed by atoms with Gasteiger partial charge >= 0.3 is 0 Å². The highest BCUT2D eigenvalue weighted by atomic mass is 14.8. The molecule has 6 aromatic carbocycles. The van der Waals surface area contributed by atoms with Crippen LogP contribution in [0.5, 0.6) is 0 Å². The molecule has 0 amide bonds. The summed E-state index contributed by atoms with van der Waals surface area (Å²) >= 11 is 0. The lowest BCUT2D eigenvalue weighted by Gasteiger charge is -2.11. The fourth-order valence-corrected chi connectivity index (χ4v) is 6.50. The fraction of sp³-hybridized carbons (Fsp3) is 0.0217. The molecule has 0 spiro atoms. The predicted octanol–water partition coefficient (Wildman–Crippen LogP) is 12.0. The average molecular weight is 615 g/mol. The molecule has 0 radical (unpaired) electrons. The summed E-state index contributed by atoms with van der Waals surface area (Å²) in [5.41, 5.74) is 16.9. The maximum atomic E-state index is 5.34. The summed E-state index contributed by atoms with van der Waals surface area (Å²) in [6.45, 7) is 2.19. The van der Waals surface area contributed by atoms with E-state index in [2.05, 4.69) is 194 Å². The summed E-state index contributed by atoms with van der Waals surface area (Å²) in [5.74, 6) is 0. The van der Waals surface area contributed by atoms with Gasteiger partial charge in [-0.1, -0.05) is 170 Å². The van der Waals surface area contributed by atoms with Crippen molar-refractivity contribution >= 4 is 16.9 Å². The van der Waals surface area contributed by atoms with Crippen molar-refractivity contribution in [3.8, 4) is 44.6 Å². The molecule has 0 aliphatic carbocycles. The number of allylic oxidation sites excluding steroid dienone is 3. The van der Waals surface area contributed by atoms with Gasteiger partial charge in [-0.15, -0.1) is 0 Å². The van der Waals surface area contributed by atoms with Crippen molar-refractivity contribution in [1.29, 1.82) is 0 Å². The molecule has 1 N–H and O–H groups in total. The van der Waals surface area contributed by atoms with Gasteiger partial charge in [0.15, 0.2) is 0 Å². The maximum absolute atomic E-state index is 5.34. The Bertz CT molecular complexity index is 2270. The van der Waals surface area contributed by atoms with Gasteiger partial charge in [0.05, 0.1) is 17.1 Å². The first-order chi connectivity index (χ1) is 23.7. The van der Waals surface area contributed by atoms with E-state index in [1.807, 2.05) is 0 Å². The second-order valence-electron chi connectivity index (χ2n) is 12.1. The molecule has 0 saturated heterocycles. The number of aromatic amines is 1. The Hall–Kier alpha value is -6.25. The van der Waals surface area contributed by atoms with E-state index >= 15 is 0 Å². The van der Waals surface area contributed by atoms with E-state index in [1.165, 1.54) is 27.8 Å². The van der Waals surface area contributed by atoms with Crippen molar-refractivity contribution in [2.75, 3.05) is 0 Å². The van der Waals surface area contributed by atoms with Gasteiger partial charge in [-0.2, -0.15) is 0 Å². The molecule has 2 nitrogen and oxygen atoms in total. The standard InChI is InChI=1S/C46H34N2/c1-32(45-41(37-18-10-4-11-19-37)30-43(47-45)39-26-22-35(23-27-39)33-14-6-2-7-15-33)46-42(38-20-12-5-13-21-38)31-44(48-46)40-28-24-36(25-29-40)34-16-8-3-9-17-34/h2-31,47H,1H3/b46-32-. The van der Waals surface area contributed by atoms with E-state index in [1.54, 1.807) is 0 Å². The largest absolute Gasteiger partial charge is 0.354 e. The van der Waals surface area contributed by atoms with Gasteiger partial charge in [0, 0.05) is 22.4 Å². The molecule has 0 atom stereocenters. The smallest absolute Gasteiger partial charge is 0.0766 e. The predicted molar refractivity (Wildman–Crippen MR) is 203 cm³/mol. The van der Waals surface area contributed by atoms with Crippen molar-refractivity contribution in [3.05, 3.63) is 205 Å². The third-order valence-corrected chi connectivity index (χ3v) is 9.08. The van der Waals surface area contributed by atoms with Crippen molar-refractivity contribution in [2.45, 2.75) is 6.92 Å². The minimum atomic E-state index is 0.965. The Labute approximate surface area is 282 Å². The number of H-pyrrole nitrogens is 1. The summed E-state index contributed by atoms with van der Waals surface area (Å²) < 4.78 is 0. The van der Waals surface area contributed by atoms with Crippen LogP contribution in [-0.4, -0.2) is 10.7 Å². The molecule has 7 aromatic rings. The van der Waals surface area contributed by atoms with Crippen LogP contribution in [0.25, 0.3) is 55.8 Å². The fourth-order valence-electron chi connectivity index (χ4n) is 6.50. The van der Waals surface area contributed by atoms with Crippen LogP contribution in [0.2, 0.25) is 0 Å². The Morgan fingerprint density at radius 3 is 1.38 bits per heavy atom. The van der Waals surface area contributed by atoms with Gasteiger partial charge in [-0.05, 0) is 63.6 Å². The molecule has 1 aliphatic heterocycles. The summed E-state index contributed by atoms with van der Waals surface area (Å²) in [6, 6.07) is 62.0.